The zero-order chi connectivity index (χ0) is 10.3. The molecule has 0 saturated carbocycles. The smallest absolute Gasteiger partial charge is 0.305 e. The first-order valence-electron chi connectivity index (χ1n) is 4.60. The molecular formula is C10H18O3. The molecule has 1 atom stereocenters. The third kappa shape index (κ3) is 6.31. The van der Waals surface area contributed by atoms with Crippen molar-refractivity contribution in [3.05, 3.63) is 0 Å². The summed E-state index contributed by atoms with van der Waals surface area (Å²) < 4.78 is 4.55. The molecule has 0 radical (unpaired) electrons. The predicted octanol–water partition coefficient (Wildman–Crippen LogP) is 1.80. The number of methoxy groups -OCH3 is 1. The fraction of sp³-hybridized carbons (Fsp3) is 0.800. The van der Waals surface area contributed by atoms with Gasteiger partial charge in [0.1, 0.15) is 6.29 Å². The molecule has 76 valence electrons. The summed E-state index contributed by atoms with van der Waals surface area (Å²) in [5.41, 5.74) is 0. The van der Waals surface area contributed by atoms with Gasteiger partial charge in [-0.05, 0) is 18.3 Å². The lowest BCUT2D eigenvalue weighted by Gasteiger charge is -2.14. The molecule has 0 saturated heterocycles. The van der Waals surface area contributed by atoms with E-state index in [-0.39, 0.29) is 11.9 Å². The lowest BCUT2D eigenvalue weighted by molar-refractivity contribution is -0.141. The molecule has 0 amide bonds. The van der Waals surface area contributed by atoms with Crippen LogP contribution in [0.4, 0.5) is 0 Å². The highest BCUT2D eigenvalue weighted by Gasteiger charge is 2.15. The minimum atomic E-state index is -0.229. The lowest BCUT2D eigenvalue weighted by atomic mass is 9.92. The van der Waals surface area contributed by atoms with E-state index in [0.717, 1.165) is 12.7 Å². The van der Waals surface area contributed by atoms with Crippen molar-refractivity contribution in [1.29, 1.82) is 0 Å². The first-order valence-corrected chi connectivity index (χ1v) is 4.60. The van der Waals surface area contributed by atoms with Crippen molar-refractivity contribution in [2.75, 3.05) is 7.11 Å². The van der Waals surface area contributed by atoms with Crippen LogP contribution in [0.3, 0.4) is 0 Å². The fourth-order valence-corrected chi connectivity index (χ4v) is 1.38. The Morgan fingerprint density at radius 2 is 2.08 bits per heavy atom. The Balaban J connectivity index is 3.92. The van der Waals surface area contributed by atoms with E-state index < -0.39 is 0 Å². The molecule has 0 aliphatic heterocycles. The van der Waals surface area contributed by atoms with Crippen LogP contribution in [0, 0.1) is 11.8 Å². The molecule has 0 spiro atoms. The highest BCUT2D eigenvalue weighted by molar-refractivity contribution is 5.70. The van der Waals surface area contributed by atoms with Crippen molar-refractivity contribution in [2.45, 2.75) is 33.1 Å². The summed E-state index contributed by atoms with van der Waals surface area (Å²) in [4.78, 5) is 21.3. The van der Waals surface area contributed by atoms with Crippen LogP contribution in [-0.2, 0) is 14.3 Å². The lowest BCUT2D eigenvalue weighted by Crippen LogP contribution is -2.12. The minimum absolute atomic E-state index is 0.143. The number of rotatable bonds is 6. The number of aldehydes is 1. The third-order valence-electron chi connectivity index (χ3n) is 1.92. The van der Waals surface area contributed by atoms with Gasteiger partial charge in [-0.25, -0.2) is 0 Å². The Hall–Kier alpha value is -0.860. The van der Waals surface area contributed by atoms with Gasteiger partial charge >= 0.3 is 5.97 Å². The topological polar surface area (TPSA) is 43.4 Å². The normalized spacial score (nSPS) is 12.6. The molecule has 0 rings (SSSR count). The zero-order valence-electron chi connectivity index (χ0n) is 8.58. The van der Waals surface area contributed by atoms with Gasteiger partial charge in [-0.1, -0.05) is 13.8 Å². The second-order valence-corrected chi connectivity index (χ2v) is 3.68. The van der Waals surface area contributed by atoms with Gasteiger partial charge in [0, 0.05) is 12.8 Å². The summed E-state index contributed by atoms with van der Waals surface area (Å²) in [6.45, 7) is 4.16. The molecule has 0 aromatic carbocycles. The molecule has 0 aromatic heterocycles. The van der Waals surface area contributed by atoms with Crippen molar-refractivity contribution >= 4 is 12.3 Å². The number of hydrogen-bond donors (Lipinski definition) is 0. The summed E-state index contributed by atoms with van der Waals surface area (Å²) in [7, 11) is 1.37. The van der Waals surface area contributed by atoms with Crippen LogP contribution in [0.5, 0.6) is 0 Å². The Morgan fingerprint density at radius 1 is 1.46 bits per heavy atom. The number of carbonyl (C=O) groups is 2. The maximum Gasteiger partial charge on any atom is 0.305 e. The van der Waals surface area contributed by atoms with Crippen LogP contribution >= 0.6 is 0 Å². The van der Waals surface area contributed by atoms with E-state index in [1.54, 1.807) is 0 Å². The summed E-state index contributed by atoms with van der Waals surface area (Å²) in [6.07, 6.45) is 2.57. The number of esters is 1. The Kier molecular flexibility index (Phi) is 6.20. The van der Waals surface area contributed by atoms with Gasteiger partial charge in [0.2, 0.25) is 0 Å². The van der Waals surface area contributed by atoms with Gasteiger partial charge in [0.25, 0.3) is 0 Å². The highest BCUT2D eigenvalue weighted by atomic mass is 16.5. The molecule has 3 heteroatoms. The van der Waals surface area contributed by atoms with Gasteiger partial charge in [-0.2, -0.15) is 0 Å². The Bertz CT molecular complexity index is 164. The molecule has 0 heterocycles. The predicted molar refractivity (Wildman–Crippen MR) is 50.3 cm³/mol. The molecule has 0 bridgehead atoms. The molecule has 3 nitrogen and oxygen atoms in total. The SMILES string of the molecule is COC(=O)CC(CC=O)CC(C)C. The van der Waals surface area contributed by atoms with Crippen molar-refractivity contribution in [3.8, 4) is 0 Å². The third-order valence-corrected chi connectivity index (χ3v) is 1.92. The van der Waals surface area contributed by atoms with Gasteiger partial charge in [0.05, 0.1) is 7.11 Å². The van der Waals surface area contributed by atoms with Gasteiger partial charge < -0.3 is 9.53 Å². The molecular weight excluding hydrogens is 168 g/mol. The quantitative estimate of drug-likeness (QED) is 0.469. The molecule has 0 aromatic rings. The van der Waals surface area contributed by atoms with Crippen molar-refractivity contribution in [1.82, 2.24) is 0 Å². The molecule has 0 aliphatic rings. The van der Waals surface area contributed by atoms with Gasteiger partial charge in [0.15, 0.2) is 0 Å². The van der Waals surface area contributed by atoms with E-state index >= 15 is 0 Å². The van der Waals surface area contributed by atoms with Crippen LogP contribution in [-0.4, -0.2) is 19.4 Å². The summed E-state index contributed by atoms with van der Waals surface area (Å²) in [6, 6.07) is 0. The maximum atomic E-state index is 10.9. The summed E-state index contributed by atoms with van der Waals surface area (Å²) in [5, 5.41) is 0. The van der Waals surface area contributed by atoms with E-state index in [1.807, 2.05) is 0 Å². The molecule has 0 aliphatic carbocycles. The average molecular weight is 186 g/mol. The van der Waals surface area contributed by atoms with E-state index in [1.165, 1.54) is 7.11 Å². The minimum Gasteiger partial charge on any atom is -0.469 e. The van der Waals surface area contributed by atoms with E-state index in [0.29, 0.717) is 18.8 Å². The van der Waals surface area contributed by atoms with Crippen LogP contribution in [0.25, 0.3) is 0 Å². The molecule has 13 heavy (non-hydrogen) atoms. The molecule has 0 fully saturated rings. The van der Waals surface area contributed by atoms with E-state index in [4.69, 9.17) is 0 Å². The van der Waals surface area contributed by atoms with E-state index in [2.05, 4.69) is 18.6 Å². The first kappa shape index (κ1) is 12.1. The number of ether oxygens (including phenoxy) is 1. The first-order chi connectivity index (χ1) is 6.10. The second-order valence-electron chi connectivity index (χ2n) is 3.68. The van der Waals surface area contributed by atoms with Gasteiger partial charge in [-0.3, -0.25) is 4.79 Å². The van der Waals surface area contributed by atoms with Crippen LogP contribution in [0.1, 0.15) is 33.1 Å². The number of carbonyl (C=O) groups excluding carboxylic acids is 2. The maximum absolute atomic E-state index is 10.9. The largest absolute Gasteiger partial charge is 0.469 e. The van der Waals surface area contributed by atoms with Crippen molar-refractivity contribution < 1.29 is 14.3 Å². The van der Waals surface area contributed by atoms with Gasteiger partial charge in [-0.15, -0.1) is 0 Å². The van der Waals surface area contributed by atoms with Crippen molar-refractivity contribution in [3.63, 3.8) is 0 Å². The van der Waals surface area contributed by atoms with E-state index in [9.17, 15) is 9.59 Å². The molecule has 1 unspecified atom stereocenters. The standard InChI is InChI=1S/C10H18O3/c1-8(2)6-9(4-5-11)7-10(12)13-3/h5,8-9H,4,6-7H2,1-3H3. The second kappa shape index (κ2) is 6.63. The number of hydrogen-bond acceptors (Lipinski definition) is 3. The van der Waals surface area contributed by atoms with Crippen LogP contribution < -0.4 is 0 Å². The van der Waals surface area contributed by atoms with Crippen molar-refractivity contribution in [2.24, 2.45) is 11.8 Å². The molecule has 0 N–H and O–H groups in total. The summed E-state index contributed by atoms with van der Waals surface area (Å²) >= 11 is 0. The highest BCUT2D eigenvalue weighted by Crippen LogP contribution is 2.18. The Labute approximate surface area is 79.5 Å². The Morgan fingerprint density at radius 3 is 2.46 bits per heavy atom. The zero-order valence-corrected chi connectivity index (χ0v) is 8.58. The van der Waals surface area contributed by atoms with Crippen LogP contribution in [0.15, 0.2) is 0 Å². The average Bonchev–Trinajstić information content (AvgIpc) is 2.03. The monoisotopic (exact) mass is 186 g/mol. The fourth-order valence-electron chi connectivity index (χ4n) is 1.38. The summed E-state index contributed by atoms with van der Waals surface area (Å²) in [5.74, 6) is 0.423. The van der Waals surface area contributed by atoms with Crippen LogP contribution in [0.2, 0.25) is 0 Å².